The van der Waals surface area contributed by atoms with Crippen LogP contribution in [0.4, 0.5) is 13.2 Å². The van der Waals surface area contributed by atoms with Crippen molar-refractivity contribution in [1.82, 2.24) is 9.97 Å². The molecule has 0 radical (unpaired) electrons. The predicted octanol–water partition coefficient (Wildman–Crippen LogP) is 2.27. The summed E-state index contributed by atoms with van der Waals surface area (Å²) in [5, 5.41) is 0. The zero-order valence-electron chi connectivity index (χ0n) is 7.71. The molecule has 4 nitrogen and oxygen atoms in total. The third-order valence-corrected chi connectivity index (χ3v) is 1.83. The van der Waals surface area contributed by atoms with Crippen LogP contribution in [0.1, 0.15) is 10.6 Å². The minimum Gasteiger partial charge on any atom is -0.403 e. The first kappa shape index (κ1) is 10.5. The number of H-pyrrole nitrogens is 1. The highest BCUT2D eigenvalue weighted by Gasteiger charge is 2.32. The molecule has 0 amide bonds. The van der Waals surface area contributed by atoms with Gasteiger partial charge >= 0.3 is 6.36 Å². The van der Waals surface area contributed by atoms with Crippen molar-refractivity contribution in [1.29, 1.82) is 0 Å². The van der Waals surface area contributed by atoms with Gasteiger partial charge in [0.15, 0.2) is 17.9 Å². The second kappa shape index (κ2) is 3.51. The third kappa shape index (κ3) is 1.97. The largest absolute Gasteiger partial charge is 0.573 e. The molecular weight excluding hydrogens is 225 g/mol. The molecule has 0 aliphatic carbocycles. The first-order chi connectivity index (χ1) is 7.49. The molecule has 0 saturated heterocycles. The molecule has 0 fully saturated rings. The van der Waals surface area contributed by atoms with Crippen molar-refractivity contribution >= 4 is 17.3 Å². The van der Waals surface area contributed by atoms with Crippen LogP contribution in [0.25, 0.3) is 11.0 Å². The van der Waals surface area contributed by atoms with Crippen LogP contribution in [-0.4, -0.2) is 22.6 Å². The molecule has 1 aromatic heterocycles. The van der Waals surface area contributed by atoms with Gasteiger partial charge in [-0.2, -0.15) is 0 Å². The first-order valence-corrected chi connectivity index (χ1v) is 4.19. The standard InChI is InChI=1S/C9H5F3N2O2/c10-9(11,12)16-6-3-1-2-5-8(6)14-7(4-15)13-5/h1-4H,(H,13,14). The number of para-hydroxylation sites is 1. The van der Waals surface area contributed by atoms with E-state index >= 15 is 0 Å². The molecule has 1 heterocycles. The SMILES string of the molecule is O=Cc1nc2c(OC(F)(F)F)cccc2[nH]1. The maximum atomic E-state index is 12.0. The Bertz CT molecular complexity index is 533. The van der Waals surface area contributed by atoms with Gasteiger partial charge in [-0.05, 0) is 12.1 Å². The summed E-state index contributed by atoms with van der Waals surface area (Å²) in [7, 11) is 0. The lowest BCUT2D eigenvalue weighted by molar-refractivity contribution is -0.274. The summed E-state index contributed by atoms with van der Waals surface area (Å²) in [5.41, 5.74) is 0.283. The number of aldehydes is 1. The Morgan fingerprint density at radius 3 is 2.75 bits per heavy atom. The van der Waals surface area contributed by atoms with E-state index in [0.29, 0.717) is 11.8 Å². The van der Waals surface area contributed by atoms with Crippen LogP contribution < -0.4 is 4.74 Å². The molecule has 0 aliphatic rings. The molecule has 16 heavy (non-hydrogen) atoms. The Morgan fingerprint density at radius 2 is 2.12 bits per heavy atom. The number of alkyl halides is 3. The van der Waals surface area contributed by atoms with E-state index in [1.807, 2.05) is 0 Å². The molecule has 0 bridgehead atoms. The molecule has 0 atom stereocenters. The Kier molecular flexibility index (Phi) is 2.30. The van der Waals surface area contributed by atoms with Gasteiger partial charge in [0.2, 0.25) is 0 Å². The number of rotatable bonds is 2. The number of carbonyl (C=O) groups excluding carboxylic acids is 1. The van der Waals surface area contributed by atoms with Gasteiger partial charge in [-0.15, -0.1) is 13.2 Å². The summed E-state index contributed by atoms with van der Waals surface area (Å²) in [4.78, 5) is 16.6. The number of halogens is 3. The third-order valence-electron chi connectivity index (χ3n) is 1.83. The summed E-state index contributed by atoms with van der Waals surface area (Å²) in [6.45, 7) is 0. The second-order valence-electron chi connectivity index (χ2n) is 2.94. The van der Waals surface area contributed by atoms with Gasteiger partial charge in [0.25, 0.3) is 0 Å². The molecule has 0 unspecified atom stereocenters. The maximum absolute atomic E-state index is 12.0. The Hall–Kier alpha value is -2.05. The van der Waals surface area contributed by atoms with Gasteiger partial charge in [-0.3, -0.25) is 4.79 Å². The molecule has 7 heteroatoms. The quantitative estimate of drug-likeness (QED) is 0.805. The molecule has 1 N–H and O–H groups in total. The minimum absolute atomic E-state index is 0.0260. The monoisotopic (exact) mass is 230 g/mol. The highest BCUT2D eigenvalue weighted by molar-refractivity contribution is 5.86. The number of hydrogen-bond donors (Lipinski definition) is 1. The highest BCUT2D eigenvalue weighted by Crippen LogP contribution is 2.28. The lowest BCUT2D eigenvalue weighted by Crippen LogP contribution is -2.17. The highest BCUT2D eigenvalue weighted by atomic mass is 19.4. The summed E-state index contributed by atoms with van der Waals surface area (Å²) in [6, 6.07) is 4.00. The van der Waals surface area contributed by atoms with Crippen LogP contribution in [0.5, 0.6) is 5.75 Å². The predicted molar refractivity (Wildman–Crippen MR) is 48.2 cm³/mol. The van der Waals surface area contributed by atoms with Crippen molar-refractivity contribution < 1.29 is 22.7 Å². The van der Waals surface area contributed by atoms with Crippen LogP contribution in [0.3, 0.4) is 0 Å². The number of aromatic amines is 1. The fraction of sp³-hybridized carbons (Fsp3) is 0.111. The molecular formula is C9H5F3N2O2. The van der Waals surface area contributed by atoms with Crippen molar-refractivity contribution in [3.05, 3.63) is 24.0 Å². The fourth-order valence-electron chi connectivity index (χ4n) is 1.29. The molecule has 2 rings (SSSR count). The molecule has 1 aromatic carbocycles. The number of ether oxygens (including phenoxy) is 1. The van der Waals surface area contributed by atoms with Gasteiger partial charge in [-0.1, -0.05) is 6.07 Å². The van der Waals surface area contributed by atoms with Crippen LogP contribution in [0, 0.1) is 0 Å². The van der Waals surface area contributed by atoms with Crippen LogP contribution in [-0.2, 0) is 0 Å². The maximum Gasteiger partial charge on any atom is 0.573 e. The van der Waals surface area contributed by atoms with Gasteiger partial charge in [0, 0.05) is 0 Å². The van der Waals surface area contributed by atoms with E-state index in [2.05, 4.69) is 14.7 Å². The average molecular weight is 230 g/mol. The van der Waals surface area contributed by atoms with E-state index in [1.165, 1.54) is 12.1 Å². The average Bonchev–Trinajstić information content (AvgIpc) is 2.59. The number of nitrogens with zero attached hydrogens (tertiary/aromatic N) is 1. The van der Waals surface area contributed by atoms with Gasteiger partial charge in [0.05, 0.1) is 5.52 Å². The van der Waals surface area contributed by atoms with Gasteiger partial charge < -0.3 is 9.72 Å². The summed E-state index contributed by atoms with van der Waals surface area (Å²) in [6.07, 6.45) is -4.37. The fourth-order valence-corrected chi connectivity index (χ4v) is 1.29. The zero-order valence-corrected chi connectivity index (χ0v) is 7.71. The van der Waals surface area contributed by atoms with Crippen molar-refractivity contribution in [2.45, 2.75) is 6.36 Å². The van der Waals surface area contributed by atoms with Crippen molar-refractivity contribution in [2.24, 2.45) is 0 Å². The van der Waals surface area contributed by atoms with Crippen LogP contribution in [0.2, 0.25) is 0 Å². The number of nitrogens with one attached hydrogen (secondary N) is 1. The number of carbonyl (C=O) groups is 1. The van der Waals surface area contributed by atoms with Crippen LogP contribution >= 0.6 is 0 Å². The molecule has 0 spiro atoms. The lowest BCUT2D eigenvalue weighted by atomic mass is 10.3. The zero-order chi connectivity index (χ0) is 11.8. The molecule has 0 saturated carbocycles. The van der Waals surface area contributed by atoms with Crippen molar-refractivity contribution in [2.75, 3.05) is 0 Å². The summed E-state index contributed by atoms with van der Waals surface area (Å²) < 4.78 is 39.9. The van der Waals surface area contributed by atoms with E-state index in [-0.39, 0.29) is 11.3 Å². The molecule has 84 valence electrons. The summed E-state index contributed by atoms with van der Waals surface area (Å²) in [5.74, 6) is -0.484. The number of aromatic nitrogens is 2. The van der Waals surface area contributed by atoms with E-state index in [9.17, 15) is 18.0 Å². The summed E-state index contributed by atoms with van der Waals surface area (Å²) >= 11 is 0. The van der Waals surface area contributed by atoms with Crippen molar-refractivity contribution in [3.8, 4) is 5.75 Å². The normalized spacial score (nSPS) is 11.7. The smallest absolute Gasteiger partial charge is 0.403 e. The Morgan fingerprint density at radius 1 is 1.38 bits per heavy atom. The lowest BCUT2D eigenvalue weighted by Gasteiger charge is -2.08. The number of fused-ring (bicyclic) bond motifs is 1. The van der Waals surface area contributed by atoms with E-state index < -0.39 is 12.1 Å². The van der Waals surface area contributed by atoms with E-state index in [1.54, 1.807) is 0 Å². The Labute approximate surface area is 87.0 Å². The van der Waals surface area contributed by atoms with Crippen molar-refractivity contribution in [3.63, 3.8) is 0 Å². The topological polar surface area (TPSA) is 55.0 Å². The van der Waals surface area contributed by atoms with Gasteiger partial charge in [0.1, 0.15) is 5.52 Å². The van der Waals surface area contributed by atoms with E-state index in [0.717, 1.165) is 6.07 Å². The molecule has 0 aliphatic heterocycles. The van der Waals surface area contributed by atoms with E-state index in [4.69, 9.17) is 0 Å². The molecule has 2 aromatic rings. The first-order valence-electron chi connectivity index (χ1n) is 4.19. The van der Waals surface area contributed by atoms with Gasteiger partial charge in [-0.25, -0.2) is 4.98 Å². The minimum atomic E-state index is -4.78. The van der Waals surface area contributed by atoms with Crippen LogP contribution in [0.15, 0.2) is 18.2 Å². The second-order valence-corrected chi connectivity index (χ2v) is 2.94. The number of benzene rings is 1. The number of hydrogen-bond acceptors (Lipinski definition) is 3. The number of imidazole rings is 1. The Balaban J connectivity index is 2.52.